The number of ether oxygens (including phenoxy) is 1. The molecule has 4 aliphatic rings. The minimum Gasteiger partial charge on any atom is -0.497 e. The summed E-state index contributed by atoms with van der Waals surface area (Å²) in [6.07, 6.45) is 7.96. The Hall–Kier alpha value is -1.82. The van der Waals surface area contributed by atoms with Crippen LogP contribution in [0.2, 0.25) is 0 Å². The number of nitrogens with one attached hydrogen (secondary N) is 1. The van der Waals surface area contributed by atoms with Crippen LogP contribution in [0, 0.1) is 22.6 Å². The molecule has 4 aliphatic carbocycles. The van der Waals surface area contributed by atoms with E-state index in [1.807, 2.05) is 24.3 Å². The second kappa shape index (κ2) is 6.12. The maximum absolute atomic E-state index is 6.03. The highest BCUT2D eigenvalue weighted by Crippen LogP contribution is 2.60. The van der Waals surface area contributed by atoms with Gasteiger partial charge in [0.2, 0.25) is 5.89 Å². The van der Waals surface area contributed by atoms with Crippen molar-refractivity contribution in [2.45, 2.75) is 50.6 Å². The van der Waals surface area contributed by atoms with Crippen molar-refractivity contribution in [3.8, 4) is 5.75 Å². The molecule has 0 atom stereocenters. The van der Waals surface area contributed by atoms with Gasteiger partial charge in [-0.3, -0.25) is 0 Å². The highest BCUT2D eigenvalue weighted by atomic mass is 32.1. The molecule has 138 valence electrons. The van der Waals surface area contributed by atoms with E-state index >= 15 is 0 Å². The highest BCUT2D eigenvalue weighted by Gasteiger charge is 2.54. The fourth-order valence-corrected chi connectivity index (χ4v) is 6.05. The molecule has 0 unspecified atom stereocenters. The third-order valence-electron chi connectivity index (χ3n) is 6.62. The SMILES string of the molecule is COc1ccc(NCn2nc(C34CC5CC(CC(C5)C3)C4)oc2=S)cc1. The van der Waals surface area contributed by atoms with Gasteiger partial charge in [-0.05, 0) is 92.8 Å². The molecule has 1 aromatic heterocycles. The van der Waals surface area contributed by atoms with E-state index in [-0.39, 0.29) is 5.41 Å². The van der Waals surface area contributed by atoms with Gasteiger partial charge in [0.1, 0.15) is 12.4 Å². The normalized spacial score (nSPS) is 32.0. The maximum atomic E-state index is 6.03. The largest absolute Gasteiger partial charge is 0.497 e. The zero-order valence-electron chi connectivity index (χ0n) is 15.1. The molecule has 6 rings (SSSR count). The number of hydrogen-bond donors (Lipinski definition) is 1. The Kier molecular flexibility index (Phi) is 3.85. The molecular weight excluding hydrogens is 346 g/mol. The molecule has 0 saturated heterocycles. The van der Waals surface area contributed by atoms with E-state index in [1.165, 1.54) is 38.5 Å². The van der Waals surface area contributed by atoms with Crippen molar-refractivity contribution >= 4 is 17.9 Å². The number of hydrogen-bond acceptors (Lipinski definition) is 5. The molecule has 0 amide bonds. The zero-order valence-corrected chi connectivity index (χ0v) is 15.9. The van der Waals surface area contributed by atoms with Gasteiger partial charge in [-0.1, -0.05) is 0 Å². The Bertz CT molecular complexity index is 819. The first-order chi connectivity index (χ1) is 12.6. The van der Waals surface area contributed by atoms with Crippen molar-refractivity contribution in [1.29, 1.82) is 0 Å². The summed E-state index contributed by atoms with van der Waals surface area (Å²) >= 11 is 5.46. The lowest BCUT2D eigenvalue weighted by molar-refractivity contribution is -0.0181. The van der Waals surface area contributed by atoms with E-state index in [2.05, 4.69) is 5.32 Å². The first-order valence-corrected chi connectivity index (χ1v) is 10.0. The van der Waals surface area contributed by atoms with Gasteiger partial charge in [0.15, 0.2) is 0 Å². The molecule has 4 saturated carbocycles. The van der Waals surface area contributed by atoms with Crippen molar-refractivity contribution < 1.29 is 9.15 Å². The number of rotatable bonds is 5. The van der Waals surface area contributed by atoms with Crippen LogP contribution in [0.25, 0.3) is 0 Å². The van der Waals surface area contributed by atoms with E-state index < -0.39 is 0 Å². The van der Waals surface area contributed by atoms with E-state index in [4.69, 9.17) is 26.5 Å². The van der Waals surface area contributed by atoms with Gasteiger partial charge in [0.25, 0.3) is 4.84 Å². The van der Waals surface area contributed by atoms with Crippen LogP contribution in [0.3, 0.4) is 0 Å². The number of methoxy groups -OCH3 is 1. The van der Waals surface area contributed by atoms with Crippen LogP contribution in [-0.2, 0) is 12.1 Å². The summed E-state index contributed by atoms with van der Waals surface area (Å²) in [5, 5.41) is 8.17. The molecule has 4 fully saturated rings. The van der Waals surface area contributed by atoms with Gasteiger partial charge in [-0.15, -0.1) is 5.10 Å². The first kappa shape index (κ1) is 16.4. The molecule has 26 heavy (non-hydrogen) atoms. The maximum Gasteiger partial charge on any atom is 0.288 e. The Morgan fingerprint density at radius 2 is 1.77 bits per heavy atom. The summed E-state index contributed by atoms with van der Waals surface area (Å²) in [5.41, 5.74) is 1.15. The summed E-state index contributed by atoms with van der Waals surface area (Å²) in [4.78, 5) is 0.469. The highest BCUT2D eigenvalue weighted by molar-refractivity contribution is 7.71. The molecule has 1 aromatic carbocycles. The van der Waals surface area contributed by atoms with Gasteiger partial charge in [0.05, 0.1) is 7.11 Å². The summed E-state index contributed by atoms with van der Waals surface area (Å²) < 4.78 is 13.0. The lowest BCUT2D eigenvalue weighted by Crippen LogP contribution is -2.48. The van der Waals surface area contributed by atoms with E-state index in [9.17, 15) is 0 Å². The average Bonchev–Trinajstić information content (AvgIpc) is 3.01. The molecule has 1 N–H and O–H groups in total. The molecule has 5 nitrogen and oxygen atoms in total. The standard InChI is InChI=1S/C20H25N3O2S/c1-24-17-4-2-16(3-5-17)21-12-23-19(26)25-18(22-23)20-9-13-6-14(10-20)8-15(7-13)11-20/h2-5,13-15,21H,6-12H2,1H3. The minimum atomic E-state index is 0.147. The van der Waals surface area contributed by atoms with Crippen LogP contribution >= 0.6 is 12.2 Å². The molecule has 0 aliphatic heterocycles. The van der Waals surface area contributed by atoms with Crippen LogP contribution in [-0.4, -0.2) is 16.9 Å². The summed E-state index contributed by atoms with van der Waals surface area (Å²) in [5.74, 6) is 4.34. The van der Waals surface area contributed by atoms with Crippen LogP contribution in [0.5, 0.6) is 5.75 Å². The van der Waals surface area contributed by atoms with Crippen molar-refractivity contribution in [1.82, 2.24) is 9.78 Å². The lowest BCUT2D eigenvalue weighted by atomic mass is 9.49. The fourth-order valence-electron chi connectivity index (χ4n) is 5.87. The van der Waals surface area contributed by atoms with Crippen molar-refractivity contribution in [2.75, 3.05) is 12.4 Å². The van der Waals surface area contributed by atoms with Crippen LogP contribution in [0.1, 0.15) is 44.4 Å². The molecule has 2 aromatic rings. The predicted octanol–water partition coefficient (Wildman–Crippen LogP) is 4.75. The summed E-state index contributed by atoms with van der Waals surface area (Å²) in [7, 11) is 1.67. The Morgan fingerprint density at radius 3 is 2.35 bits per heavy atom. The van der Waals surface area contributed by atoms with Crippen molar-refractivity contribution in [3.05, 3.63) is 35.0 Å². The number of aromatic nitrogens is 2. The monoisotopic (exact) mass is 371 g/mol. The second-order valence-corrected chi connectivity index (χ2v) is 8.78. The van der Waals surface area contributed by atoms with Crippen molar-refractivity contribution in [2.24, 2.45) is 17.8 Å². The fraction of sp³-hybridized carbons (Fsp3) is 0.600. The average molecular weight is 372 g/mol. The molecule has 0 radical (unpaired) electrons. The van der Waals surface area contributed by atoms with Gasteiger partial charge < -0.3 is 14.5 Å². The predicted molar refractivity (Wildman–Crippen MR) is 102 cm³/mol. The van der Waals surface area contributed by atoms with E-state index in [0.717, 1.165) is 35.1 Å². The second-order valence-electron chi connectivity index (χ2n) is 8.43. The van der Waals surface area contributed by atoms with Gasteiger partial charge in [0, 0.05) is 11.1 Å². The Labute approximate surface area is 158 Å². The minimum absolute atomic E-state index is 0.147. The molecule has 6 heteroatoms. The number of benzene rings is 1. The molecule has 4 bridgehead atoms. The number of nitrogens with zero attached hydrogens (tertiary/aromatic N) is 2. The molecular formula is C20H25N3O2S. The van der Waals surface area contributed by atoms with Gasteiger partial charge >= 0.3 is 0 Å². The van der Waals surface area contributed by atoms with Crippen LogP contribution < -0.4 is 10.1 Å². The first-order valence-electron chi connectivity index (χ1n) is 9.60. The van der Waals surface area contributed by atoms with Crippen molar-refractivity contribution in [3.63, 3.8) is 0 Å². The smallest absolute Gasteiger partial charge is 0.288 e. The van der Waals surface area contributed by atoms with E-state index in [1.54, 1.807) is 11.8 Å². The summed E-state index contributed by atoms with van der Waals surface area (Å²) in [6, 6.07) is 7.85. The Balaban J connectivity index is 1.34. The third-order valence-corrected chi connectivity index (χ3v) is 6.92. The topological polar surface area (TPSA) is 52.2 Å². The van der Waals surface area contributed by atoms with Gasteiger partial charge in [-0.25, -0.2) is 4.68 Å². The summed E-state index contributed by atoms with van der Waals surface area (Å²) in [6.45, 7) is 0.515. The molecule has 1 heterocycles. The Morgan fingerprint density at radius 1 is 1.15 bits per heavy atom. The van der Waals surface area contributed by atoms with Crippen LogP contribution in [0.4, 0.5) is 5.69 Å². The van der Waals surface area contributed by atoms with Crippen LogP contribution in [0.15, 0.2) is 28.7 Å². The van der Waals surface area contributed by atoms with Gasteiger partial charge in [-0.2, -0.15) is 0 Å². The quantitative estimate of drug-likeness (QED) is 0.769. The molecule has 0 spiro atoms. The zero-order chi connectivity index (χ0) is 17.7. The third kappa shape index (κ3) is 2.75. The van der Waals surface area contributed by atoms with E-state index in [0.29, 0.717) is 11.5 Å². The lowest BCUT2D eigenvalue weighted by Gasteiger charge is -2.55. The number of anilines is 1.